The van der Waals surface area contributed by atoms with E-state index in [0.29, 0.717) is 23.6 Å². The first-order valence-corrected chi connectivity index (χ1v) is 10.8. The summed E-state index contributed by atoms with van der Waals surface area (Å²) in [6.45, 7) is 2.56. The molecule has 5 rings (SSSR count). The lowest BCUT2D eigenvalue weighted by atomic mass is 9.63. The van der Waals surface area contributed by atoms with Crippen LogP contribution in [0, 0.1) is 12.7 Å². The van der Waals surface area contributed by atoms with Crippen molar-refractivity contribution in [3.63, 3.8) is 0 Å². The number of carbonyl (C=O) groups excluding carboxylic acids is 1. The van der Waals surface area contributed by atoms with E-state index in [4.69, 9.17) is 4.98 Å². The fraction of sp³-hybridized carbons (Fsp3) is 0.333. The number of benzene rings is 1. The molecule has 1 saturated carbocycles. The molecule has 1 aromatic carbocycles. The van der Waals surface area contributed by atoms with Crippen molar-refractivity contribution in [3.05, 3.63) is 71.7 Å². The van der Waals surface area contributed by atoms with Crippen LogP contribution in [0.3, 0.4) is 0 Å². The molecule has 0 atom stereocenters. The topological polar surface area (TPSA) is 71.0 Å². The number of carbonyl (C=O) groups is 1. The average Bonchev–Trinajstić information content (AvgIpc) is 2.78. The molecular formula is C24H24F3N5O. The van der Waals surface area contributed by atoms with E-state index in [1.165, 1.54) is 24.3 Å². The highest BCUT2D eigenvalue weighted by Gasteiger charge is 2.62. The summed E-state index contributed by atoms with van der Waals surface area (Å²) in [7, 11) is 0. The van der Waals surface area contributed by atoms with E-state index in [2.05, 4.69) is 15.3 Å². The summed E-state index contributed by atoms with van der Waals surface area (Å²) in [6.07, 6.45) is 1.95. The highest BCUT2D eigenvalue weighted by Crippen LogP contribution is 2.54. The van der Waals surface area contributed by atoms with Crippen molar-refractivity contribution in [1.29, 1.82) is 0 Å². The summed E-state index contributed by atoms with van der Waals surface area (Å²) >= 11 is 0. The molecule has 1 aliphatic carbocycles. The van der Waals surface area contributed by atoms with Crippen molar-refractivity contribution in [2.75, 3.05) is 16.8 Å². The van der Waals surface area contributed by atoms with Gasteiger partial charge in [0.2, 0.25) is 5.91 Å². The Bertz CT molecular complexity index is 1210. The molecule has 0 radical (unpaired) electrons. The maximum Gasteiger partial charge on any atom is 0.251 e. The Kier molecular flexibility index (Phi) is 5.07. The number of hydrogen-bond donors (Lipinski definition) is 1. The lowest BCUT2D eigenvalue weighted by Gasteiger charge is -2.45. The minimum Gasteiger partial charge on any atom is -0.325 e. The van der Waals surface area contributed by atoms with Gasteiger partial charge in [-0.05, 0) is 62.2 Å². The molecule has 1 aliphatic heterocycles. The van der Waals surface area contributed by atoms with E-state index in [1.54, 1.807) is 12.3 Å². The van der Waals surface area contributed by atoms with Crippen LogP contribution in [0.15, 0.2) is 48.7 Å². The molecule has 33 heavy (non-hydrogen) atoms. The lowest BCUT2D eigenvalue weighted by Crippen LogP contribution is -2.57. The number of amides is 1. The number of rotatable bonds is 4. The zero-order valence-corrected chi connectivity index (χ0v) is 18.0. The number of aryl methyl sites for hydroxylation is 2. The summed E-state index contributed by atoms with van der Waals surface area (Å²) in [4.78, 5) is 28.5. The van der Waals surface area contributed by atoms with Gasteiger partial charge in [-0.25, -0.2) is 23.1 Å². The molecule has 1 amide bonds. The number of pyridine rings is 1. The van der Waals surface area contributed by atoms with Crippen LogP contribution in [0.1, 0.15) is 37.9 Å². The Hall–Kier alpha value is -3.49. The molecule has 0 spiro atoms. The van der Waals surface area contributed by atoms with Crippen LogP contribution in [0.25, 0.3) is 0 Å². The number of halogens is 3. The van der Waals surface area contributed by atoms with Gasteiger partial charge in [0, 0.05) is 32.7 Å². The molecule has 6 nitrogen and oxygen atoms in total. The Morgan fingerprint density at radius 3 is 2.55 bits per heavy atom. The van der Waals surface area contributed by atoms with Gasteiger partial charge in [-0.15, -0.1) is 0 Å². The van der Waals surface area contributed by atoms with Crippen molar-refractivity contribution in [2.45, 2.75) is 43.9 Å². The molecule has 3 heterocycles. The molecule has 3 aromatic rings. The minimum atomic E-state index is -2.94. The first kappa shape index (κ1) is 21.4. The Morgan fingerprint density at radius 2 is 1.85 bits per heavy atom. The van der Waals surface area contributed by atoms with Crippen LogP contribution in [-0.2, 0) is 16.6 Å². The van der Waals surface area contributed by atoms with Gasteiger partial charge in [-0.2, -0.15) is 0 Å². The van der Waals surface area contributed by atoms with Crippen LogP contribution < -0.4 is 10.2 Å². The first-order valence-electron chi connectivity index (χ1n) is 10.8. The maximum atomic E-state index is 14.1. The molecule has 2 aromatic heterocycles. The standard InChI is InChI=1S/C24H22F3N5O.H2/c1-15-28-11-10-21(29-15)32-12-2-3-18-19(32)8-9-20(31-18)23(13-24(26,27)14-23)22(33)30-17-6-4-16(25)5-7-17;/h4-11H,2-3,12-14H2,1H3,(H,30,33);1H. The molecule has 0 saturated heterocycles. The summed E-state index contributed by atoms with van der Waals surface area (Å²) in [5.74, 6) is -2.55. The zero-order valence-electron chi connectivity index (χ0n) is 18.0. The molecule has 0 unspecified atom stereocenters. The summed E-state index contributed by atoms with van der Waals surface area (Å²) in [6, 6.07) is 10.5. The molecular weight excluding hydrogens is 431 g/mol. The van der Waals surface area contributed by atoms with E-state index in [1.807, 2.05) is 24.0 Å². The smallest absolute Gasteiger partial charge is 0.251 e. The van der Waals surface area contributed by atoms with Gasteiger partial charge in [0.25, 0.3) is 5.92 Å². The fourth-order valence-electron chi connectivity index (χ4n) is 4.62. The van der Waals surface area contributed by atoms with Crippen molar-refractivity contribution in [3.8, 4) is 0 Å². The van der Waals surface area contributed by atoms with Crippen LogP contribution in [0.2, 0.25) is 0 Å². The second-order valence-corrected chi connectivity index (χ2v) is 8.63. The largest absolute Gasteiger partial charge is 0.325 e. The predicted molar refractivity (Wildman–Crippen MR) is 119 cm³/mol. The minimum absolute atomic E-state index is 0. The lowest BCUT2D eigenvalue weighted by molar-refractivity contribution is -0.154. The second kappa shape index (κ2) is 7.83. The molecule has 9 heteroatoms. The van der Waals surface area contributed by atoms with Gasteiger partial charge in [0.1, 0.15) is 22.9 Å². The Labute approximate surface area is 190 Å². The fourth-order valence-corrected chi connectivity index (χ4v) is 4.62. The summed E-state index contributed by atoms with van der Waals surface area (Å²) in [5.41, 5.74) is 0.829. The third kappa shape index (κ3) is 3.92. The maximum absolute atomic E-state index is 14.1. The molecule has 1 N–H and O–H groups in total. The number of anilines is 3. The number of alkyl halides is 2. The van der Waals surface area contributed by atoms with Gasteiger partial charge < -0.3 is 10.2 Å². The van der Waals surface area contributed by atoms with Crippen molar-refractivity contribution >= 4 is 23.1 Å². The van der Waals surface area contributed by atoms with Crippen LogP contribution >= 0.6 is 0 Å². The highest BCUT2D eigenvalue weighted by molar-refractivity contribution is 6.00. The third-order valence-corrected chi connectivity index (χ3v) is 6.22. The van der Waals surface area contributed by atoms with E-state index in [9.17, 15) is 18.0 Å². The van der Waals surface area contributed by atoms with Crippen LogP contribution in [0.5, 0.6) is 0 Å². The van der Waals surface area contributed by atoms with E-state index < -0.39 is 35.9 Å². The van der Waals surface area contributed by atoms with E-state index >= 15 is 0 Å². The van der Waals surface area contributed by atoms with Gasteiger partial charge in [-0.1, -0.05) is 0 Å². The van der Waals surface area contributed by atoms with Crippen molar-refractivity contribution in [2.24, 2.45) is 0 Å². The average molecular weight is 455 g/mol. The molecule has 2 aliphatic rings. The van der Waals surface area contributed by atoms with Crippen molar-refractivity contribution in [1.82, 2.24) is 15.0 Å². The number of hydrogen-bond acceptors (Lipinski definition) is 5. The van der Waals surface area contributed by atoms with E-state index in [0.717, 1.165) is 30.2 Å². The number of aromatic nitrogens is 3. The Balaban J connectivity index is 0.00000274. The van der Waals surface area contributed by atoms with Gasteiger partial charge in [0.05, 0.1) is 17.1 Å². The van der Waals surface area contributed by atoms with Crippen LogP contribution in [-0.4, -0.2) is 33.3 Å². The molecule has 0 bridgehead atoms. The Morgan fingerprint density at radius 1 is 1.09 bits per heavy atom. The van der Waals surface area contributed by atoms with Gasteiger partial charge in [-0.3, -0.25) is 9.78 Å². The van der Waals surface area contributed by atoms with Crippen LogP contribution in [0.4, 0.5) is 30.4 Å². The number of fused-ring (bicyclic) bond motifs is 1. The normalized spacial score (nSPS) is 18.2. The quantitative estimate of drug-likeness (QED) is 0.603. The predicted octanol–water partition coefficient (Wildman–Crippen LogP) is 4.96. The zero-order chi connectivity index (χ0) is 23.2. The third-order valence-electron chi connectivity index (χ3n) is 6.22. The first-order chi connectivity index (χ1) is 15.8. The second-order valence-electron chi connectivity index (χ2n) is 8.63. The highest BCUT2D eigenvalue weighted by atomic mass is 19.3. The monoisotopic (exact) mass is 455 g/mol. The molecule has 172 valence electrons. The number of nitrogens with zero attached hydrogens (tertiary/aromatic N) is 4. The van der Waals surface area contributed by atoms with E-state index in [-0.39, 0.29) is 1.43 Å². The molecule has 1 fully saturated rings. The summed E-state index contributed by atoms with van der Waals surface area (Å²) in [5, 5.41) is 2.66. The van der Waals surface area contributed by atoms with Gasteiger partial charge in [0.15, 0.2) is 0 Å². The van der Waals surface area contributed by atoms with Gasteiger partial charge >= 0.3 is 0 Å². The SMILES string of the molecule is Cc1nccc(N2CCCc3nc(C4(C(=O)Nc5ccc(F)cc5)CC(F)(F)C4)ccc32)n1.[HH]. The number of nitrogens with one attached hydrogen (secondary N) is 1. The van der Waals surface area contributed by atoms with Crippen molar-refractivity contribution < 1.29 is 19.4 Å². The summed E-state index contributed by atoms with van der Waals surface area (Å²) < 4.78 is 41.3.